The Morgan fingerprint density at radius 3 is 2.65 bits per heavy atom. The number of piperidine rings is 1. The van der Waals surface area contributed by atoms with E-state index in [0.29, 0.717) is 0 Å². The average molecular weight is 340 g/mol. The second-order valence-electron chi connectivity index (χ2n) is 5.18. The Hall–Kier alpha value is -1.07. The molecule has 1 fully saturated rings. The van der Waals surface area contributed by atoms with Crippen molar-refractivity contribution in [3.63, 3.8) is 0 Å². The predicted octanol–water partition coefficient (Wildman–Crippen LogP) is 2.13. The maximum atomic E-state index is 11.7. The molecule has 0 aliphatic carbocycles. The van der Waals surface area contributed by atoms with Crippen molar-refractivity contribution < 1.29 is 4.79 Å². The second kappa shape index (κ2) is 7.09. The number of halogens is 1. The van der Waals surface area contributed by atoms with Crippen LogP contribution in [-0.2, 0) is 11.3 Å². The molecule has 0 bridgehead atoms. The third-order valence-corrected chi connectivity index (χ3v) is 4.36. The Bertz CT molecular complexity index is 470. The Morgan fingerprint density at radius 2 is 2.05 bits per heavy atom. The molecular formula is C15H22BrN3O. The maximum Gasteiger partial charge on any atom is 0.222 e. The number of amides is 1. The molecule has 4 nitrogen and oxygen atoms in total. The van der Waals surface area contributed by atoms with Gasteiger partial charge in [-0.1, -0.05) is 22.0 Å². The monoisotopic (exact) mass is 339 g/mol. The number of hydrogen-bond donors (Lipinski definition) is 2. The van der Waals surface area contributed by atoms with Gasteiger partial charge in [0, 0.05) is 42.8 Å². The molecule has 110 valence electrons. The minimum absolute atomic E-state index is 0.163. The highest BCUT2D eigenvalue weighted by molar-refractivity contribution is 9.10. The summed E-state index contributed by atoms with van der Waals surface area (Å²) in [6.45, 7) is 2.73. The minimum atomic E-state index is 0.163. The first-order valence-electron chi connectivity index (χ1n) is 7.05. The number of nitrogens with one attached hydrogen (secondary N) is 2. The number of carbonyl (C=O) groups is 1. The molecule has 0 atom stereocenters. The van der Waals surface area contributed by atoms with Crippen molar-refractivity contribution >= 4 is 27.5 Å². The number of benzene rings is 1. The zero-order chi connectivity index (χ0) is 14.5. The summed E-state index contributed by atoms with van der Waals surface area (Å²) < 4.78 is 1.10. The van der Waals surface area contributed by atoms with Gasteiger partial charge in [-0.2, -0.15) is 0 Å². The van der Waals surface area contributed by atoms with Crippen LogP contribution in [0.25, 0.3) is 0 Å². The van der Waals surface area contributed by atoms with Gasteiger partial charge in [0.2, 0.25) is 5.91 Å². The van der Waals surface area contributed by atoms with E-state index in [1.165, 1.54) is 11.3 Å². The van der Waals surface area contributed by atoms with Gasteiger partial charge in [0.15, 0.2) is 0 Å². The lowest BCUT2D eigenvalue weighted by atomic mass is 9.95. The molecule has 0 saturated carbocycles. The summed E-state index contributed by atoms with van der Waals surface area (Å²) in [7, 11) is 3.68. The molecule has 1 aliphatic rings. The van der Waals surface area contributed by atoms with Gasteiger partial charge in [-0.15, -0.1) is 0 Å². The molecule has 2 N–H and O–H groups in total. The molecule has 1 aliphatic heterocycles. The van der Waals surface area contributed by atoms with Gasteiger partial charge < -0.3 is 15.5 Å². The first-order chi connectivity index (χ1) is 9.65. The Labute approximate surface area is 129 Å². The van der Waals surface area contributed by atoms with Crippen molar-refractivity contribution in [2.45, 2.75) is 19.4 Å². The van der Waals surface area contributed by atoms with Gasteiger partial charge in [0.1, 0.15) is 0 Å². The van der Waals surface area contributed by atoms with Crippen molar-refractivity contribution in [1.29, 1.82) is 0 Å². The van der Waals surface area contributed by atoms with E-state index in [1.807, 2.05) is 7.05 Å². The van der Waals surface area contributed by atoms with Crippen molar-refractivity contribution in [3.05, 3.63) is 28.2 Å². The third kappa shape index (κ3) is 3.52. The summed E-state index contributed by atoms with van der Waals surface area (Å²) in [5, 5.41) is 5.97. The first kappa shape index (κ1) is 15.3. The van der Waals surface area contributed by atoms with Crippen molar-refractivity contribution in [2.75, 3.05) is 32.1 Å². The Morgan fingerprint density at radius 1 is 1.35 bits per heavy atom. The van der Waals surface area contributed by atoms with Crippen LogP contribution in [-0.4, -0.2) is 33.1 Å². The van der Waals surface area contributed by atoms with Crippen LogP contribution in [0.3, 0.4) is 0 Å². The van der Waals surface area contributed by atoms with E-state index < -0.39 is 0 Å². The summed E-state index contributed by atoms with van der Waals surface area (Å²) in [4.78, 5) is 14.1. The first-order valence-corrected chi connectivity index (χ1v) is 7.84. The van der Waals surface area contributed by atoms with Crippen LogP contribution in [0.4, 0.5) is 5.69 Å². The summed E-state index contributed by atoms with van der Waals surface area (Å²) >= 11 is 3.55. The Balaban J connectivity index is 2.09. The highest BCUT2D eigenvalue weighted by Crippen LogP contribution is 2.29. The Kier molecular flexibility index (Phi) is 5.43. The fourth-order valence-electron chi connectivity index (χ4n) is 2.76. The van der Waals surface area contributed by atoms with E-state index in [-0.39, 0.29) is 11.8 Å². The third-order valence-electron chi connectivity index (χ3n) is 3.87. The minimum Gasteiger partial charge on any atom is -0.371 e. The van der Waals surface area contributed by atoms with Crippen molar-refractivity contribution in [1.82, 2.24) is 10.6 Å². The lowest BCUT2D eigenvalue weighted by molar-refractivity contribution is -0.125. The van der Waals surface area contributed by atoms with Crippen molar-refractivity contribution in [3.8, 4) is 0 Å². The van der Waals surface area contributed by atoms with Gasteiger partial charge in [0.05, 0.1) is 0 Å². The normalized spacial score (nSPS) is 16.2. The fourth-order valence-corrected chi connectivity index (χ4v) is 3.11. The quantitative estimate of drug-likeness (QED) is 0.883. The fraction of sp³-hybridized carbons (Fsp3) is 0.533. The molecule has 5 heteroatoms. The molecule has 0 spiro atoms. The van der Waals surface area contributed by atoms with E-state index in [9.17, 15) is 4.79 Å². The summed E-state index contributed by atoms with van der Waals surface area (Å²) in [5.74, 6) is 0.338. The zero-order valence-electron chi connectivity index (χ0n) is 12.1. The number of hydrogen-bond acceptors (Lipinski definition) is 3. The highest BCUT2D eigenvalue weighted by atomic mass is 79.9. The van der Waals surface area contributed by atoms with Crippen LogP contribution in [0.2, 0.25) is 0 Å². The predicted molar refractivity (Wildman–Crippen MR) is 85.9 cm³/mol. The number of anilines is 1. The van der Waals surface area contributed by atoms with E-state index >= 15 is 0 Å². The highest BCUT2D eigenvalue weighted by Gasteiger charge is 2.25. The number of carbonyl (C=O) groups excluding carboxylic acids is 1. The smallest absolute Gasteiger partial charge is 0.222 e. The molecule has 0 aromatic heterocycles. The van der Waals surface area contributed by atoms with Gasteiger partial charge >= 0.3 is 0 Å². The molecule has 1 heterocycles. The number of nitrogens with zero attached hydrogens (tertiary/aromatic N) is 1. The van der Waals surface area contributed by atoms with Crippen LogP contribution in [0.1, 0.15) is 18.4 Å². The lowest BCUT2D eigenvalue weighted by Gasteiger charge is -2.34. The van der Waals surface area contributed by atoms with Gasteiger partial charge in [0.25, 0.3) is 0 Å². The summed E-state index contributed by atoms with van der Waals surface area (Å²) in [6, 6.07) is 6.40. The lowest BCUT2D eigenvalue weighted by Crippen LogP contribution is -2.40. The van der Waals surface area contributed by atoms with Crippen LogP contribution < -0.4 is 15.5 Å². The molecule has 1 saturated heterocycles. The topological polar surface area (TPSA) is 44.4 Å². The van der Waals surface area contributed by atoms with Crippen LogP contribution in [0, 0.1) is 5.92 Å². The SMILES string of the molecule is CNCc1ccc(Br)cc1N1CCC(C(=O)NC)CC1. The van der Waals surface area contributed by atoms with Crippen LogP contribution in [0.5, 0.6) is 0 Å². The van der Waals surface area contributed by atoms with Gasteiger partial charge in [-0.05, 0) is 37.6 Å². The van der Waals surface area contributed by atoms with E-state index in [2.05, 4.69) is 49.7 Å². The average Bonchev–Trinajstić information content (AvgIpc) is 2.48. The van der Waals surface area contributed by atoms with E-state index in [4.69, 9.17) is 0 Å². The molecule has 20 heavy (non-hydrogen) atoms. The molecule has 0 unspecified atom stereocenters. The molecular weight excluding hydrogens is 318 g/mol. The maximum absolute atomic E-state index is 11.7. The van der Waals surface area contributed by atoms with E-state index in [1.54, 1.807) is 7.05 Å². The van der Waals surface area contributed by atoms with Gasteiger partial charge in [-0.3, -0.25) is 4.79 Å². The number of rotatable bonds is 4. The van der Waals surface area contributed by atoms with Crippen molar-refractivity contribution in [2.24, 2.45) is 5.92 Å². The molecule has 1 amide bonds. The van der Waals surface area contributed by atoms with E-state index in [0.717, 1.165) is 36.9 Å². The molecule has 1 aromatic rings. The largest absolute Gasteiger partial charge is 0.371 e. The standard InChI is InChI=1S/C15H22BrN3O/c1-17-10-12-3-4-13(16)9-14(12)19-7-5-11(6-8-19)15(20)18-2/h3-4,9,11,17H,5-8,10H2,1-2H3,(H,18,20). The zero-order valence-corrected chi connectivity index (χ0v) is 13.7. The summed E-state index contributed by atoms with van der Waals surface area (Å²) in [6.07, 6.45) is 1.84. The van der Waals surface area contributed by atoms with Crippen LogP contribution >= 0.6 is 15.9 Å². The second-order valence-corrected chi connectivity index (χ2v) is 6.09. The summed E-state index contributed by atoms with van der Waals surface area (Å²) in [5.41, 5.74) is 2.57. The van der Waals surface area contributed by atoms with Crippen LogP contribution in [0.15, 0.2) is 22.7 Å². The molecule has 0 radical (unpaired) electrons. The molecule has 1 aromatic carbocycles. The van der Waals surface area contributed by atoms with Gasteiger partial charge in [-0.25, -0.2) is 0 Å². The molecule has 2 rings (SSSR count).